The zero-order valence-corrected chi connectivity index (χ0v) is 11.7. The second kappa shape index (κ2) is 9.41. The summed E-state index contributed by atoms with van der Waals surface area (Å²) in [7, 11) is 1.65. The molecule has 1 aromatic rings. The highest BCUT2D eigenvalue weighted by atomic mass is 19.1. The summed E-state index contributed by atoms with van der Waals surface area (Å²) in [4.78, 5) is 0. The molecule has 0 aliphatic carbocycles. The number of nitrogens with one attached hydrogen (secondary N) is 1. The highest BCUT2D eigenvalue weighted by Crippen LogP contribution is 2.12. The number of methoxy groups -OCH3 is 1. The highest BCUT2D eigenvalue weighted by molar-refractivity contribution is 5.96. The first-order chi connectivity index (χ1) is 9.65. The highest BCUT2D eigenvalue weighted by Gasteiger charge is 2.07. The van der Waals surface area contributed by atoms with Crippen molar-refractivity contribution in [3.8, 4) is 0 Å². The molecule has 6 heteroatoms. The van der Waals surface area contributed by atoms with Gasteiger partial charge in [-0.15, -0.1) is 0 Å². The van der Waals surface area contributed by atoms with Crippen molar-refractivity contribution in [3.63, 3.8) is 0 Å². The molecule has 5 nitrogen and oxygen atoms in total. The van der Waals surface area contributed by atoms with E-state index in [4.69, 9.17) is 25.4 Å². The summed E-state index contributed by atoms with van der Waals surface area (Å²) in [6.07, 6.45) is 0.850. The Morgan fingerprint density at radius 2 is 1.95 bits per heavy atom. The third-order valence-corrected chi connectivity index (χ3v) is 2.63. The first-order valence-corrected chi connectivity index (χ1v) is 6.42. The number of benzene rings is 1. The maximum Gasteiger partial charge on any atom is 0.123 e. The van der Waals surface area contributed by atoms with Crippen LogP contribution in [0.3, 0.4) is 0 Å². The standard InChI is InChI=1S/C14H21FN2O3/c1-18-5-2-6-19-7-8-20-10-11-3-4-12(15)9-13(11)14(16)17/h3-4,9H,2,5-8,10H2,1H3,(H3,16,17). The van der Waals surface area contributed by atoms with E-state index >= 15 is 0 Å². The average Bonchev–Trinajstić information content (AvgIpc) is 2.43. The van der Waals surface area contributed by atoms with E-state index in [9.17, 15) is 4.39 Å². The van der Waals surface area contributed by atoms with Crippen molar-refractivity contribution in [2.24, 2.45) is 5.73 Å². The molecule has 1 aromatic carbocycles. The third-order valence-electron chi connectivity index (χ3n) is 2.63. The summed E-state index contributed by atoms with van der Waals surface area (Å²) in [6, 6.07) is 4.14. The van der Waals surface area contributed by atoms with Crippen molar-refractivity contribution in [2.75, 3.05) is 33.5 Å². The van der Waals surface area contributed by atoms with Crippen LogP contribution in [0.25, 0.3) is 0 Å². The van der Waals surface area contributed by atoms with E-state index < -0.39 is 5.82 Å². The van der Waals surface area contributed by atoms with Gasteiger partial charge in [0.15, 0.2) is 0 Å². The summed E-state index contributed by atoms with van der Waals surface area (Å²) in [5, 5.41) is 7.40. The first kappa shape index (κ1) is 16.6. The Balaban J connectivity index is 2.27. The Labute approximate surface area is 118 Å². The number of amidine groups is 1. The minimum absolute atomic E-state index is 0.168. The Bertz CT molecular complexity index is 427. The minimum atomic E-state index is -0.416. The summed E-state index contributed by atoms with van der Waals surface area (Å²) >= 11 is 0. The number of nitrogens with two attached hydrogens (primary N) is 1. The molecule has 0 fully saturated rings. The fourth-order valence-electron chi connectivity index (χ4n) is 1.63. The van der Waals surface area contributed by atoms with Gasteiger partial charge in [-0.1, -0.05) is 6.07 Å². The van der Waals surface area contributed by atoms with Gasteiger partial charge in [-0.3, -0.25) is 5.41 Å². The van der Waals surface area contributed by atoms with Crippen molar-refractivity contribution in [1.29, 1.82) is 5.41 Å². The summed E-state index contributed by atoms with van der Waals surface area (Å²) in [5.74, 6) is -0.584. The van der Waals surface area contributed by atoms with Crippen LogP contribution in [0.1, 0.15) is 17.5 Å². The van der Waals surface area contributed by atoms with Gasteiger partial charge in [0.2, 0.25) is 0 Å². The van der Waals surface area contributed by atoms with Gasteiger partial charge in [-0.25, -0.2) is 4.39 Å². The molecular formula is C14H21FN2O3. The second-order valence-corrected chi connectivity index (χ2v) is 4.23. The molecule has 0 amide bonds. The van der Waals surface area contributed by atoms with E-state index in [1.807, 2.05) is 0 Å². The van der Waals surface area contributed by atoms with Crippen LogP contribution >= 0.6 is 0 Å². The van der Waals surface area contributed by atoms with Crippen molar-refractivity contribution >= 4 is 5.84 Å². The predicted molar refractivity (Wildman–Crippen MR) is 74.4 cm³/mol. The van der Waals surface area contributed by atoms with Gasteiger partial charge in [-0.2, -0.15) is 0 Å². The van der Waals surface area contributed by atoms with Crippen LogP contribution in [-0.4, -0.2) is 39.4 Å². The van der Waals surface area contributed by atoms with Crippen molar-refractivity contribution in [1.82, 2.24) is 0 Å². The van der Waals surface area contributed by atoms with Crippen LogP contribution in [0.5, 0.6) is 0 Å². The number of rotatable bonds is 10. The molecule has 0 saturated carbocycles. The van der Waals surface area contributed by atoms with Crippen LogP contribution < -0.4 is 5.73 Å². The first-order valence-electron chi connectivity index (χ1n) is 6.42. The van der Waals surface area contributed by atoms with Gasteiger partial charge in [0.1, 0.15) is 11.7 Å². The molecule has 20 heavy (non-hydrogen) atoms. The summed E-state index contributed by atoms with van der Waals surface area (Å²) < 4.78 is 28.7. The summed E-state index contributed by atoms with van der Waals surface area (Å²) in [6.45, 7) is 2.50. The fourth-order valence-corrected chi connectivity index (χ4v) is 1.63. The van der Waals surface area contributed by atoms with E-state index in [1.165, 1.54) is 12.1 Å². The molecule has 0 radical (unpaired) electrons. The lowest BCUT2D eigenvalue weighted by molar-refractivity contribution is 0.0336. The molecule has 0 spiro atoms. The van der Waals surface area contributed by atoms with E-state index in [0.717, 1.165) is 6.42 Å². The maximum absolute atomic E-state index is 13.1. The van der Waals surface area contributed by atoms with Crippen molar-refractivity contribution < 1.29 is 18.6 Å². The SMILES string of the molecule is COCCCOCCOCc1ccc(F)cc1C(=N)N. The van der Waals surface area contributed by atoms with Gasteiger partial charge in [-0.05, 0) is 24.1 Å². The Hall–Kier alpha value is -1.50. The molecule has 0 unspecified atom stereocenters. The van der Waals surface area contributed by atoms with E-state index in [-0.39, 0.29) is 12.4 Å². The van der Waals surface area contributed by atoms with Crippen molar-refractivity contribution in [3.05, 3.63) is 35.1 Å². The van der Waals surface area contributed by atoms with Crippen LogP contribution in [0.4, 0.5) is 4.39 Å². The minimum Gasteiger partial charge on any atom is -0.385 e. The zero-order valence-electron chi connectivity index (χ0n) is 11.7. The molecule has 3 N–H and O–H groups in total. The lowest BCUT2D eigenvalue weighted by Gasteiger charge is -2.09. The van der Waals surface area contributed by atoms with E-state index in [2.05, 4.69) is 0 Å². The summed E-state index contributed by atoms with van der Waals surface area (Å²) in [5.41, 5.74) is 6.47. The Kier molecular flexibility index (Phi) is 7.79. The normalized spacial score (nSPS) is 10.7. The van der Waals surface area contributed by atoms with Gasteiger partial charge < -0.3 is 19.9 Å². The molecule has 0 saturated heterocycles. The predicted octanol–water partition coefficient (Wildman–Crippen LogP) is 1.68. The molecule has 112 valence electrons. The number of nitrogen functional groups attached to an aromatic ring is 1. The zero-order chi connectivity index (χ0) is 14.8. The van der Waals surface area contributed by atoms with Crippen molar-refractivity contribution in [2.45, 2.75) is 13.0 Å². The van der Waals surface area contributed by atoms with Crippen LogP contribution in [0, 0.1) is 11.2 Å². The van der Waals surface area contributed by atoms with E-state index in [1.54, 1.807) is 13.2 Å². The number of ether oxygens (including phenoxy) is 3. The maximum atomic E-state index is 13.1. The molecular weight excluding hydrogens is 263 g/mol. The molecule has 0 heterocycles. The lowest BCUT2D eigenvalue weighted by Crippen LogP contribution is -2.15. The topological polar surface area (TPSA) is 77.6 Å². The van der Waals surface area contributed by atoms with Crippen LogP contribution in [0.15, 0.2) is 18.2 Å². The third kappa shape index (κ3) is 6.10. The molecule has 0 aliphatic rings. The fraction of sp³-hybridized carbons (Fsp3) is 0.500. The number of hydrogen-bond donors (Lipinski definition) is 2. The molecule has 0 aromatic heterocycles. The molecule has 0 atom stereocenters. The Morgan fingerprint density at radius 1 is 1.20 bits per heavy atom. The van der Waals surface area contributed by atoms with Gasteiger partial charge >= 0.3 is 0 Å². The Morgan fingerprint density at radius 3 is 2.65 bits per heavy atom. The number of hydrogen-bond acceptors (Lipinski definition) is 4. The quantitative estimate of drug-likeness (QED) is 0.389. The second-order valence-electron chi connectivity index (χ2n) is 4.23. The lowest BCUT2D eigenvalue weighted by atomic mass is 10.1. The smallest absolute Gasteiger partial charge is 0.123 e. The monoisotopic (exact) mass is 284 g/mol. The van der Waals surface area contributed by atoms with Gasteiger partial charge in [0.05, 0.1) is 19.8 Å². The van der Waals surface area contributed by atoms with Gasteiger partial charge in [0, 0.05) is 25.9 Å². The number of halogens is 1. The average molecular weight is 284 g/mol. The molecule has 0 bridgehead atoms. The van der Waals surface area contributed by atoms with E-state index in [0.29, 0.717) is 37.6 Å². The largest absolute Gasteiger partial charge is 0.385 e. The molecule has 0 aliphatic heterocycles. The van der Waals surface area contributed by atoms with Crippen LogP contribution in [0.2, 0.25) is 0 Å². The van der Waals surface area contributed by atoms with Crippen LogP contribution in [-0.2, 0) is 20.8 Å². The molecule has 1 rings (SSSR count). The van der Waals surface area contributed by atoms with Gasteiger partial charge in [0.25, 0.3) is 0 Å².